The van der Waals surface area contributed by atoms with Gasteiger partial charge in [0.25, 0.3) is 0 Å². The number of benzene rings is 1. The molecule has 1 fully saturated rings. The molecular formula is C14H17F3N2OS. The summed E-state index contributed by atoms with van der Waals surface area (Å²) in [6.45, 7) is 2.74. The fraction of sp³-hybridized carbons (Fsp3) is 0.500. The summed E-state index contributed by atoms with van der Waals surface area (Å²) in [4.78, 5) is 12.2. The molecule has 3 nitrogen and oxygen atoms in total. The average molecular weight is 318 g/mol. The van der Waals surface area contributed by atoms with Crippen molar-refractivity contribution in [3.05, 3.63) is 24.3 Å². The summed E-state index contributed by atoms with van der Waals surface area (Å²) in [5, 5.41) is 5.88. The van der Waals surface area contributed by atoms with Crippen LogP contribution in [0.25, 0.3) is 0 Å². The van der Waals surface area contributed by atoms with Crippen molar-refractivity contribution in [2.45, 2.75) is 36.2 Å². The van der Waals surface area contributed by atoms with E-state index in [1.807, 2.05) is 6.92 Å². The van der Waals surface area contributed by atoms with Gasteiger partial charge in [-0.15, -0.1) is 0 Å². The number of amides is 1. The van der Waals surface area contributed by atoms with Crippen LogP contribution in [-0.2, 0) is 4.79 Å². The van der Waals surface area contributed by atoms with Gasteiger partial charge in [0.15, 0.2) is 0 Å². The molecule has 1 aromatic rings. The highest BCUT2D eigenvalue weighted by molar-refractivity contribution is 8.00. The molecule has 2 rings (SSSR count). The molecule has 0 aromatic heterocycles. The molecule has 2 atom stereocenters. The summed E-state index contributed by atoms with van der Waals surface area (Å²) < 4.78 is 37.5. The predicted molar refractivity (Wildman–Crippen MR) is 77.2 cm³/mol. The summed E-state index contributed by atoms with van der Waals surface area (Å²) in [5.74, 6) is -0.372. The minimum absolute atomic E-state index is 0.0142. The minimum Gasteiger partial charge on any atom is -0.325 e. The van der Waals surface area contributed by atoms with Gasteiger partial charge in [0.2, 0.25) is 5.91 Å². The fourth-order valence-corrected chi connectivity index (χ4v) is 3.01. The number of thioether (sulfide) groups is 1. The Morgan fingerprint density at radius 3 is 2.76 bits per heavy atom. The van der Waals surface area contributed by atoms with Crippen molar-refractivity contribution in [1.29, 1.82) is 0 Å². The third-order valence-corrected chi connectivity index (χ3v) is 4.17. The lowest BCUT2D eigenvalue weighted by Crippen LogP contribution is -2.40. The van der Waals surface area contributed by atoms with Gasteiger partial charge in [0.05, 0.1) is 5.69 Å². The molecule has 0 spiro atoms. The monoisotopic (exact) mass is 318 g/mol. The summed E-state index contributed by atoms with van der Waals surface area (Å²) in [6.07, 6.45) is 1.39. The van der Waals surface area contributed by atoms with Gasteiger partial charge in [-0.3, -0.25) is 4.79 Å². The van der Waals surface area contributed by atoms with E-state index in [0.29, 0.717) is 12.8 Å². The Morgan fingerprint density at radius 2 is 2.10 bits per heavy atom. The Hall–Kier alpha value is -1.21. The first kappa shape index (κ1) is 16.2. The Kier molecular flexibility index (Phi) is 5.16. The van der Waals surface area contributed by atoms with Crippen LogP contribution in [0.2, 0.25) is 0 Å². The SMILES string of the molecule is CC1CC(C(=O)Nc2ccccc2SC(F)(F)F)CCN1. The van der Waals surface area contributed by atoms with E-state index in [4.69, 9.17) is 0 Å². The van der Waals surface area contributed by atoms with E-state index < -0.39 is 5.51 Å². The smallest absolute Gasteiger partial charge is 0.325 e. The van der Waals surface area contributed by atoms with Crippen molar-refractivity contribution < 1.29 is 18.0 Å². The van der Waals surface area contributed by atoms with Crippen LogP contribution in [-0.4, -0.2) is 24.0 Å². The lowest BCUT2D eigenvalue weighted by Gasteiger charge is -2.27. The standard InChI is InChI=1S/C14H17F3N2OS/c1-9-8-10(6-7-18-9)13(20)19-11-4-2-3-5-12(11)21-14(15,16)17/h2-5,9-10,18H,6-8H2,1H3,(H,19,20). The van der Waals surface area contributed by atoms with Crippen LogP contribution in [0, 0.1) is 5.92 Å². The number of halogens is 3. The molecule has 2 N–H and O–H groups in total. The number of nitrogens with one attached hydrogen (secondary N) is 2. The molecule has 21 heavy (non-hydrogen) atoms. The second-order valence-corrected chi connectivity index (χ2v) is 6.22. The van der Waals surface area contributed by atoms with Crippen LogP contribution in [0.4, 0.5) is 18.9 Å². The topological polar surface area (TPSA) is 41.1 Å². The van der Waals surface area contributed by atoms with Crippen molar-refractivity contribution >= 4 is 23.4 Å². The first-order chi connectivity index (χ1) is 9.85. The summed E-state index contributed by atoms with van der Waals surface area (Å²) in [5.41, 5.74) is -4.15. The Bertz CT molecular complexity index is 507. The second-order valence-electron chi connectivity index (χ2n) is 5.11. The number of carbonyl (C=O) groups is 1. The van der Waals surface area contributed by atoms with Crippen molar-refractivity contribution in [2.75, 3.05) is 11.9 Å². The molecule has 1 saturated heterocycles. The summed E-state index contributed by atoms with van der Waals surface area (Å²) >= 11 is -0.211. The molecule has 0 aliphatic carbocycles. The highest BCUT2D eigenvalue weighted by Crippen LogP contribution is 2.40. The molecule has 0 radical (unpaired) electrons. The largest absolute Gasteiger partial charge is 0.446 e. The Labute approximate surface area is 125 Å². The molecular weight excluding hydrogens is 301 g/mol. The number of rotatable bonds is 3. The highest BCUT2D eigenvalue weighted by atomic mass is 32.2. The van der Waals surface area contributed by atoms with Gasteiger partial charge < -0.3 is 10.6 Å². The lowest BCUT2D eigenvalue weighted by atomic mass is 9.92. The second kappa shape index (κ2) is 6.70. The molecule has 116 valence electrons. The zero-order valence-electron chi connectivity index (χ0n) is 11.5. The van der Waals surface area contributed by atoms with Gasteiger partial charge >= 0.3 is 5.51 Å². The van der Waals surface area contributed by atoms with Crippen molar-refractivity contribution in [2.24, 2.45) is 5.92 Å². The first-order valence-corrected chi connectivity index (χ1v) is 7.56. The lowest BCUT2D eigenvalue weighted by molar-refractivity contribution is -0.120. The van der Waals surface area contributed by atoms with Gasteiger partial charge in [-0.2, -0.15) is 13.2 Å². The Morgan fingerprint density at radius 1 is 1.38 bits per heavy atom. The molecule has 1 aliphatic rings. The number of para-hydroxylation sites is 1. The summed E-state index contributed by atoms with van der Waals surface area (Å²) in [6, 6.07) is 6.24. The fourth-order valence-electron chi connectivity index (χ4n) is 2.39. The number of alkyl halides is 3. The first-order valence-electron chi connectivity index (χ1n) is 6.74. The van der Waals surface area contributed by atoms with Crippen LogP contribution in [0.5, 0.6) is 0 Å². The van der Waals surface area contributed by atoms with Gasteiger partial charge in [0.1, 0.15) is 0 Å². The zero-order valence-corrected chi connectivity index (χ0v) is 12.4. The van der Waals surface area contributed by atoms with Gasteiger partial charge in [0, 0.05) is 16.9 Å². The average Bonchev–Trinajstić information content (AvgIpc) is 2.39. The minimum atomic E-state index is -4.37. The third-order valence-electron chi connectivity index (χ3n) is 3.37. The van der Waals surface area contributed by atoms with Crippen molar-refractivity contribution in [3.8, 4) is 0 Å². The molecule has 0 saturated carbocycles. The van der Waals surface area contributed by atoms with E-state index in [9.17, 15) is 18.0 Å². The molecule has 2 unspecified atom stereocenters. The van der Waals surface area contributed by atoms with Crippen LogP contribution in [0.15, 0.2) is 29.2 Å². The van der Waals surface area contributed by atoms with Crippen molar-refractivity contribution in [3.63, 3.8) is 0 Å². The Balaban J connectivity index is 2.07. The van der Waals surface area contributed by atoms with E-state index in [1.54, 1.807) is 6.07 Å². The van der Waals surface area contributed by atoms with E-state index in [2.05, 4.69) is 10.6 Å². The number of piperidine rings is 1. The van der Waals surface area contributed by atoms with Crippen molar-refractivity contribution in [1.82, 2.24) is 5.32 Å². The number of anilines is 1. The molecule has 1 heterocycles. The highest BCUT2D eigenvalue weighted by Gasteiger charge is 2.31. The van der Waals surface area contributed by atoms with Crippen LogP contribution >= 0.6 is 11.8 Å². The van der Waals surface area contributed by atoms with E-state index >= 15 is 0 Å². The maximum Gasteiger partial charge on any atom is 0.446 e. The maximum atomic E-state index is 12.5. The molecule has 1 aliphatic heterocycles. The molecule has 0 bridgehead atoms. The predicted octanol–water partition coefficient (Wildman–Crippen LogP) is 3.63. The van der Waals surface area contributed by atoms with Crippen LogP contribution in [0.1, 0.15) is 19.8 Å². The van der Waals surface area contributed by atoms with Crippen LogP contribution in [0.3, 0.4) is 0 Å². The summed E-state index contributed by atoms with van der Waals surface area (Å²) in [7, 11) is 0. The number of hydrogen-bond acceptors (Lipinski definition) is 3. The maximum absolute atomic E-state index is 12.5. The van der Waals surface area contributed by atoms with Gasteiger partial charge in [-0.05, 0) is 50.2 Å². The van der Waals surface area contributed by atoms with Gasteiger partial charge in [-0.25, -0.2) is 0 Å². The van der Waals surface area contributed by atoms with Gasteiger partial charge in [-0.1, -0.05) is 12.1 Å². The molecule has 1 aromatic carbocycles. The van der Waals surface area contributed by atoms with E-state index in [-0.39, 0.29) is 40.2 Å². The third kappa shape index (κ3) is 4.93. The normalized spacial score (nSPS) is 22.9. The van der Waals surface area contributed by atoms with E-state index in [0.717, 1.165) is 6.54 Å². The van der Waals surface area contributed by atoms with Crippen LogP contribution < -0.4 is 10.6 Å². The quantitative estimate of drug-likeness (QED) is 0.836. The molecule has 1 amide bonds. The van der Waals surface area contributed by atoms with E-state index in [1.165, 1.54) is 18.2 Å². The zero-order chi connectivity index (χ0) is 15.5. The number of carbonyl (C=O) groups excluding carboxylic acids is 1. The molecule has 7 heteroatoms. The number of hydrogen-bond donors (Lipinski definition) is 2.